The molecular weight excluding hydrogens is 379 g/mol. The molecule has 1 aliphatic heterocycles. The molecule has 1 amide bonds. The summed E-state index contributed by atoms with van der Waals surface area (Å²) in [6, 6.07) is 0. The predicted molar refractivity (Wildman–Crippen MR) is 99.3 cm³/mol. The highest BCUT2D eigenvalue weighted by Crippen LogP contribution is 2.46. The van der Waals surface area contributed by atoms with Gasteiger partial charge in [0, 0.05) is 30.6 Å². The molecule has 1 fully saturated rings. The van der Waals surface area contributed by atoms with Crippen LogP contribution in [0.1, 0.15) is 48.0 Å². The molecule has 0 atom stereocenters. The number of carbonyl (C=O) groups is 1. The molecule has 6 heteroatoms. The van der Waals surface area contributed by atoms with Crippen LogP contribution in [0.25, 0.3) is 0 Å². The number of halogens is 1. The van der Waals surface area contributed by atoms with Crippen molar-refractivity contribution in [3.05, 3.63) is 0 Å². The first-order valence-corrected chi connectivity index (χ1v) is 7.59. The highest BCUT2D eigenvalue weighted by molar-refractivity contribution is 14.0. The number of amides is 1. The van der Waals surface area contributed by atoms with Gasteiger partial charge in [-0.1, -0.05) is 20.8 Å². The summed E-state index contributed by atoms with van der Waals surface area (Å²) in [7, 11) is 0. The van der Waals surface area contributed by atoms with Gasteiger partial charge in [0.05, 0.1) is 0 Å². The molecule has 1 heterocycles. The van der Waals surface area contributed by atoms with Crippen LogP contribution in [0.4, 0.5) is 0 Å². The Bertz CT molecular complexity index is 380. The number of carbonyl (C=O) groups excluding carboxylic acids is 1. The quantitative estimate of drug-likeness (QED) is 0.415. The molecule has 0 radical (unpaired) electrons. The monoisotopic (exact) mass is 410 g/mol. The van der Waals surface area contributed by atoms with Gasteiger partial charge in [-0.3, -0.25) is 4.79 Å². The molecule has 0 aromatic rings. The normalized spacial score (nSPS) is 19.3. The number of nitrogens with zero attached hydrogens (tertiary/aromatic N) is 2. The predicted octanol–water partition coefficient (Wildman–Crippen LogP) is 2.22. The number of hydrogen-bond acceptors (Lipinski definition) is 2. The zero-order valence-corrected chi connectivity index (χ0v) is 16.6. The van der Waals surface area contributed by atoms with E-state index in [1.807, 2.05) is 13.8 Å². The van der Waals surface area contributed by atoms with Crippen LogP contribution in [0, 0.1) is 5.41 Å². The van der Waals surface area contributed by atoms with Gasteiger partial charge in [-0.25, -0.2) is 4.99 Å². The summed E-state index contributed by atoms with van der Waals surface area (Å²) in [5, 5.41) is 6.13. The van der Waals surface area contributed by atoms with E-state index in [4.69, 9.17) is 0 Å². The molecule has 0 aromatic carbocycles. The van der Waals surface area contributed by atoms with E-state index in [1.165, 1.54) is 0 Å². The molecular formula is C15H31IN4O. The third-order valence-corrected chi connectivity index (χ3v) is 4.42. The second-order valence-corrected chi connectivity index (χ2v) is 6.55. The number of rotatable bonds is 5. The van der Waals surface area contributed by atoms with Crippen molar-refractivity contribution >= 4 is 35.8 Å². The van der Waals surface area contributed by atoms with Crippen molar-refractivity contribution in [1.29, 1.82) is 0 Å². The number of likely N-dealkylation sites (tertiary alicyclic amines) is 1. The van der Waals surface area contributed by atoms with Gasteiger partial charge in [0.15, 0.2) is 5.96 Å². The Hall–Kier alpha value is -0.530. The molecule has 0 unspecified atom stereocenters. The molecule has 21 heavy (non-hydrogen) atoms. The van der Waals surface area contributed by atoms with Gasteiger partial charge in [0.1, 0.15) is 6.54 Å². The lowest BCUT2D eigenvalue weighted by molar-refractivity contribution is -0.119. The summed E-state index contributed by atoms with van der Waals surface area (Å²) in [6.45, 7) is 15.7. The molecule has 0 spiro atoms. The first-order valence-electron chi connectivity index (χ1n) is 7.59. The average Bonchev–Trinajstić information content (AvgIpc) is 2.38. The lowest BCUT2D eigenvalue weighted by Gasteiger charge is -2.62. The van der Waals surface area contributed by atoms with Crippen LogP contribution < -0.4 is 10.6 Å². The molecule has 0 bridgehead atoms. The number of guanidine groups is 1. The van der Waals surface area contributed by atoms with Gasteiger partial charge >= 0.3 is 0 Å². The summed E-state index contributed by atoms with van der Waals surface area (Å²) in [5.74, 6) is 0.823. The fourth-order valence-electron chi connectivity index (χ4n) is 2.26. The minimum Gasteiger partial charge on any atom is -0.356 e. The summed E-state index contributed by atoms with van der Waals surface area (Å²) in [4.78, 5) is 18.4. The topological polar surface area (TPSA) is 56.7 Å². The van der Waals surface area contributed by atoms with E-state index in [0.717, 1.165) is 25.5 Å². The molecule has 0 saturated carbocycles. The van der Waals surface area contributed by atoms with E-state index < -0.39 is 0 Å². The minimum atomic E-state index is -0.0140. The molecule has 0 aliphatic carbocycles. The lowest BCUT2D eigenvalue weighted by atomic mass is 9.65. The van der Waals surface area contributed by atoms with Crippen LogP contribution in [0.3, 0.4) is 0 Å². The van der Waals surface area contributed by atoms with E-state index in [-0.39, 0.29) is 47.4 Å². The maximum atomic E-state index is 11.7. The fourth-order valence-corrected chi connectivity index (χ4v) is 2.26. The molecule has 5 nitrogen and oxygen atoms in total. The van der Waals surface area contributed by atoms with Crippen molar-refractivity contribution in [1.82, 2.24) is 15.5 Å². The van der Waals surface area contributed by atoms with Crippen LogP contribution in [-0.2, 0) is 4.79 Å². The Labute approximate surface area is 146 Å². The van der Waals surface area contributed by atoms with Crippen molar-refractivity contribution in [2.45, 2.75) is 53.5 Å². The zero-order valence-electron chi connectivity index (χ0n) is 14.2. The maximum Gasteiger partial charge on any atom is 0.241 e. The Balaban J connectivity index is 0.00000400. The second-order valence-electron chi connectivity index (χ2n) is 6.55. The average molecular weight is 410 g/mol. The molecule has 124 valence electrons. The van der Waals surface area contributed by atoms with Gasteiger partial charge in [-0.2, -0.15) is 0 Å². The van der Waals surface area contributed by atoms with E-state index in [0.29, 0.717) is 6.54 Å². The first-order chi connectivity index (χ1) is 9.26. The summed E-state index contributed by atoms with van der Waals surface area (Å²) in [5.41, 5.74) is 0.307. The third kappa shape index (κ3) is 4.72. The largest absolute Gasteiger partial charge is 0.356 e. The molecule has 1 saturated heterocycles. The second kappa shape index (κ2) is 8.19. The standard InChI is InChI=1S/C15H30N4O.HI/c1-7-9-17-12(20)10-18-13(16-8-2)19-11-14(3,4)15(19,5)6;/h7-11H2,1-6H3,(H,16,18)(H,17,20);1H. The molecule has 2 N–H and O–H groups in total. The van der Waals surface area contributed by atoms with Crippen molar-refractivity contribution < 1.29 is 4.79 Å². The van der Waals surface area contributed by atoms with Crippen LogP contribution in [0.15, 0.2) is 4.99 Å². The van der Waals surface area contributed by atoms with Crippen molar-refractivity contribution in [3.63, 3.8) is 0 Å². The van der Waals surface area contributed by atoms with E-state index in [1.54, 1.807) is 0 Å². The fraction of sp³-hybridized carbons (Fsp3) is 0.867. The van der Waals surface area contributed by atoms with Crippen molar-refractivity contribution in [3.8, 4) is 0 Å². The summed E-state index contributed by atoms with van der Waals surface area (Å²) < 4.78 is 0. The molecule has 0 aromatic heterocycles. The minimum absolute atomic E-state index is 0. The van der Waals surface area contributed by atoms with E-state index in [9.17, 15) is 4.79 Å². The summed E-state index contributed by atoms with van der Waals surface area (Å²) in [6.07, 6.45) is 0.947. The Morgan fingerprint density at radius 3 is 2.24 bits per heavy atom. The van der Waals surface area contributed by atoms with Gasteiger partial charge < -0.3 is 15.5 Å². The summed E-state index contributed by atoms with van der Waals surface area (Å²) >= 11 is 0. The first kappa shape index (κ1) is 20.5. The van der Waals surface area contributed by atoms with Gasteiger partial charge in [0.2, 0.25) is 5.91 Å². The molecule has 1 rings (SSSR count). The highest BCUT2D eigenvalue weighted by Gasteiger charge is 2.53. The Morgan fingerprint density at radius 1 is 1.19 bits per heavy atom. The van der Waals surface area contributed by atoms with Gasteiger partial charge in [-0.15, -0.1) is 24.0 Å². The van der Waals surface area contributed by atoms with Gasteiger partial charge in [0.25, 0.3) is 0 Å². The number of nitrogens with one attached hydrogen (secondary N) is 2. The van der Waals surface area contributed by atoms with Crippen LogP contribution in [0.5, 0.6) is 0 Å². The smallest absolute Gasteiger partial charge is 0.241 e. The van der Waals surface area contributed by atoms with Crippen LogP contribution >= 0.6 is 24.0 Å². The zero-order chi connectivity index (χ0) is 15.4. The Morgan fingerprint density at radius 2 is 1.81 bits per heavy atom. The van der Waals surface area contributed by atoms with Crippen molar-refractivity contribution in [2.24, 2.45) is 10.4 Å². The van der Waals surface area contributed by atoms with E-state index >= 15 is 0 Å². The number of aliphatic imine (C=N–C) groups is 1. The number of hydrogen-bond donors (Lipinski definition) is 2. The van der Waals surface area contributed by atoms with Crippen LogP contribution in [0.2, 0.25) is 0 Å². The SMILES string of the molecule is CCCNC(=O)CN=C(NCC)N1CC(C)(C)C1(C)C.I. The van der Waals surface area contributed by atoms with Crippen molar-refractivity contribution in [2.75, 3.05) is 26.2 Å². The van der Waals surface area contributed by atoms with E-state index in [2.05, 4.69) is 48.2 Å². The Kier molecular flexibility index (Phi) is 7.99. The van der Waals surface area contributed by atoms with Gasteiger partial charge in [-0.05, 0) is 27.2 Å². The highest BCUT2D eigenvalue weighted by atomic mass is 127. The lowest BCUT2D eigenvalue weighted by Crippen LogP contribution is -2.72. The molecule has 1 aliphatic rings. The maximum absolute atomic E-state index is 11.7. The third-order valence-electron chi connectivity index (χ3n) is 4.42. The van der Waals surface area contributed by atoms with Crippen LogP contribution in [-0.4, -0.2) is 48.5 Å².